The number of Topliss-reactive ketones (excluding diaryl/α,β-unsaturated/α-hetero) is 1. The number of halogens is 1. The van der Waals surface area contributed by atoms with Crippen LogP contribution in [0.25, 0.3) is 0 Å². The molecule has 2 nitrogen and oxygen atoms in total. The van der Waals surface area contributed by atoms with E-state index in [4.69, 9.17) is 4.74 Å². The molecule has 0 aromatic heterocycles. The highest BCUT2D eigenvalue weighted by atomic mass is 19.1. The predicted molar refractivity (Wildman–Crippen MR) is 76.3 cm³/mol. The number of benzene rings is 2. The summed E-state index contributed by atoms with van der Waals surface area (Å²) in [6.07, 6.45) is 1.81. The van der Waals surface area contributed by atoms with Crippen molar-refractivity contribution in [2.45, 2.75) is 12.8 Å². The van der Waals surface area contributed by atoms with Crippen LogP contribution in [0.1, 0.15) is 22.3 Å². The van der Waals surface area contributed by atoms with E-state index in [9.17, 15) is 9.18 Å². The quantitative estimate of drug-likeness (QED) is 0.568. The van der Waals surface area contributed by atoms with Crippen molar-refractivity contribution in [1.82, 2.24) is 0 Å². The highest BCUT2D eigenvalue weighted by Crippen LogP contribution is 2.05. The first-order valence-electron chi connectivity index (χ1n) is 6.66. The van der Waals surface area contributed by atoms with E-state index in [1.165, 1.54) is 29.8 Å². The second-order valence-corrected chi connectivity index (χ2v) is 4.57. The lowest BCUT2D eigenvalue weighted by molar-refractivity contribution is 0.0756. The number of ketones is 1. The van der Waals surface area contributed by atoms with Gasteiger partial charge in [0.25, 0.3) is 0 Å². The van der Waals surface area contributed by atoms with Gasteiger partial charge in [0.2, 0.25) is 0 Å². The summed E-state index contributed by atoms with van der Waals surface area (Å²) in [7, 11) is 0. The van der Waals surface area contributed by atoms with Crippen molar-refractivity contribution in [1.29, 1.82) is 0 Å². The molecule has 0 bridgehead atoms. The van der Waals surface area contributed by atoms with Crippen LogP contribution in [-0.4, -0.2) is 19.0 Å². The Hall–Kier alpha value is -2.00. The van der Waals surface area contributed by atoms with Crippen molar-refractivity contribution in [3.05, 3.63) is 71.5 Å². The molecule has 2 aromatic rings. The second-order valence-electron chi connectivity index (χ2n) is 4.57. The van der Waals surface area contributed by atoms with E-state index in [2.05, 4.69) is 12.1 Å². The Morgan fingerprint density at radius 3 is 2.40 bits per heavy atom. The molecule has 0 saturated carbocycles. The van der Waals surface area contributed by atoms with Crippen LogP contribution >= 0.6 is 0 Å². The van der Waals surface area contributed by atoms with Crippen molar-refractivity contribution >= 4 is 5.78 Å². The molecule has 3 heteroatoms. The first-order valence-corrected chi connectivity index (χ1v) is 6.66. The minimum Gasteiger partial charge on any atom is -0.373 e. The highest BCUT2D eigenvalue weighted by molar-refractivity contribution is 5.97. The minimum absolute atomic E-state index is 0.0421. The molecular weight excluding hydrogens is 255 g/mol. The molecular formula is C17H17FO2. The first-order chi connectivity index (χ1) is 9.75. The molecule has 0 heterocycles. The van der Waals surface area contributed by atoms with Gasteiger partial charge < -0.3 is 4.74 Å². The number of hydrogen-bond donors (Lipinski definition) is 0. The van der Waals surface area contributed by atoms with Crippen LogP contribution in [0.5, 0.6) is 0 Å². The Labute approximate surface area is 118 Å². The van der Waals surface area contributed by atoms with Gasteiger partial charge in [-0.3, -0.25) is 4.79 Å². The van der Waals surface area contributed by atoms with Crippen molar-refractivity contribution in [3.63, 3.8) is 0 Å². The summed E-state index contributed by atoms with van der Waals surface area (Å²) < 4.78 is 18.1. The maximum atomic E-state index is 12.7. The molecule has 0 fully saturated rings. The molecule has 20 heavy (non-hydrogen) atoms. The van der Waals surface area contributed by atoms with Gasteiger partial charge in [-0.15, -0.1) is 0 Å². The van der Waals surface area contributed by atoms with Gasteiger partial charge in [0.1, 0.15) is 12.4 Å². The summed E-state index contributed by atoms with van der Waals surface area (Å²) in [5.74, 6) is -0.463. The van der Waals surface area contributed by atoms with Crippen LogP contribution in [0, 0.1) is 5.82 Å². The maximum absolute atomic E-state index is 12.7. The molecule has 0 N–H and O–H groups in total. The van der Waals surface area contributed by atoms with Crippen molar-refractivity contribution < 1.29 is 13.9 Å². The van der Waals surface area contributed by atoms with E-state index < -0.39 is 0 Å². The summed E-state index contributed by atoms with van der Waals surface area (Å²) in [6.45, 7) is 0.586. The zero-order chi connectivity index (χ0) is 14.2. The topological polar surface area (TPSA) is 26.3 Å². The lowest BCUT2D eigenvalue weighted by atomic mass is 10.1. The zero-order valence-corrected chi connectivity index (χ0v) is 11.2. The lowest BCUT2D eigenvalue weighted by Gasteiger charge is -2.04. The Balaban J connectivity index is 1.66. The number of carbonyl (C=O) groups excluding carboxylic acids is 1. The predicted octanol–water partition coefficient (Wildman–Crippen LogP) is 3.66. The van der Waals surface area contributed by atoms with Crippen LogP contribution in [-0.2, 0) is 11.2 Å². The second kappa shape index (κ2) is 7.56. The van der Waals surface area contributed by atoms with Crippen LogP contribution in [0.2, 0.25) is 0 Å². The molecule has 2 aromatic carbocycles. The number of carbonyl (C=O) groups is 1. The van der Waals surface area contributed by atoms with E-state index in [1.54, 1.807) is 0 Å². The van der Waals surface area contributed by atoms with Gasteiger partial charge in [0.05, 0.1) is 0 Å². The molecule has 104 valence electrons. The Kier molecular flexibility index (Phi) is 5.44. The molecule has 2 rings (SSSR count). The fourth-order valence-electron chi connectivity index (χ4n) is 1.91. The molecule has 0 aliphatic rings. The molecule has 0 radical (unpaired) electrons. The Bertz CT molecular complexity index is 535. The summed E-state index contributed by atoms with van der Waals surface area (Å²) in [5.41, 5.74) is 1.75. The first kappa shape index (κ1) is 14.4. The van der Waals surface area contributed by atoms with Gasteiger partial charge in [0, 0.05) is 12.2 Å². The van der Waals surface area contributed by atoms with Crippen molar-refractivity contribution in [2.75, 3.05) is 13.2 Å². The van der Waals surface area contributed by atoms with Crippen LogP contribution < -0.4 is 0 Å². The van der Waals surface area contributed by atoms with Crippen LogP contribution in [0.3, 0.4) is 0 Å². The van der Waals surface area contributed by atoms with Crippen molar-refractivity contribution in [3.8, 4) is 0 Å². The van der Waals surface area contributed by atoms with E-state index >= 15 is 0 Å². The van der Waals surface area contributed by atoms with Crippen LogP contribution in [0.4, 0.5) is 4.39 Å². The van der Waals surface area contributed by atoms with Gasteiger partial charge in [-0.05, 0) is 42.7 Å². The lowest BCUT2D eigenvalue weighted by Crippen LogP contribution is -2.10. The summed E-state index contributed by atoms with van der Waals surface area (Å²) in [4.78, 5) is 11.7. The number of ether oxygens (including phenoxy) is 1. The van der Waals surface area contributed by atoms with E-state index in [1.807, 2.05) is 18.2 Å². The third kappa shape index (κ3) is 4.59. The average Bonchev–Trinajstić information content (AvgIpc) is 2.48. The molecule has 0 aliphatic carbocycles. The average molecular weight is 272 g/mol. The zero-order valence-electron chi connectivity index (χ0n) is 11.2. The largest absolute Gasteiger partial charge is 0.373 e. The monoisotopic (exact) mass is 272 g/mol. The van der Waals surface area contributed by atoms with Gasteiger partial charge in [-0.2, -0.15) is 0 Å². The maximum Gasteiger partial charge on any atom is 0.188 e. The number of rotatable bonds is 7. The molecule has 0 atom stereocenters. The van der Waals surface area contributed by atoms with Gasteiger partial charge in [-0.1, -0.05) is 30.3 Å². The van der Waals surface area contributed by atoms with Gasteiger partial charge >= 0.3 is 0 Å². The molecule has 0 unspecified atom stereocenters. The van der Waals surface area contributed by atoms with E-state index in [0.717, 1.165) is 12.8 Å². The summed E-state index contributed by atoms with van der Waals surface area (Å²) in [5, 5.41) is 0. The standard InChI is InChI=1S/C17H17FO2/c18-16-10-8-15(9-11-16)17(19)13-20-12-4-7-14-5-2-1-3-6-14/h1-3,5-6,8-11H,4,7,12-13H2. The smallest absolute Gasteiger partial charge is 0.188 e. The third-order valence-electron chi connectivity index (χ3n) is 3.00. The normalized spacial score (nSPS) is 10.4. The molecule has 0 amide bonds. The Morgan fingerprint density at radius 1 is 1.00 bits per heavy atom. The number of hydrogen-bond acceptors (Lipinski definition) is 2. The molecule has 0 spiro atoms. The molecule has 0 aliphatic heterocycles. The number of aryl methyl sites for hydroxylation is 1. The third-order valence-corrected chi connectivity index (χ3v) is 3.00. The van der Waals surface area contributed by atoms with E-state index in [0.29, 0.717) is 12.2 Å². The SMILES string of the molecule is O=C(COCCCc1ccccc1)c1ccc(F)cc1. The summed E-state index contributed by atoms with van der Waals surface area (Å²) >= 11 is 0. The fourth-order valence-corrected chi connectivity index (χ4v) is 1.91. The summed E-state index contributed by atoms with van der Waals surface area (Å²) in [6, 6.07) is 15.7. The fraction of sp³-hybridized carbons (Fsp3) is 0.235. The minimum atomic E-state index is -0.342. The van der Waals surface area contributed by atoms with Gasteiger partial charge in [-0.25, -0.2) is 4.39 Å². The van der Waals surface area contributed by atoms with Crippen LogP contribution in [0.15, 0.2) is 54.6 Å². The van der Waals surface area contributed by atoms with Gasteiger partial charge in [0.15, 0.2) is 5.78 Å². The molecule has 0 saturated heterocycles. The highest BCUT2D eigenvalue weighted by Gasteiger charge is 2.05. The van der Waals surface area contributed by atoms with Crippen molar-refractivity contribution in [2.24, 2.45) is 0 Å². The van der Waals surface area contributed by atoms with E-state index in [-0.39, 0.29) is 18.2 Å². The Morgan fingerprint density at radius 2 is 1.70 bits per heavy atom.